The second-order valence-electron chi connectivity index (χ2n) is 8.09. The fraction of sp³-hybridized carbons (Fsp3) is 0.143. The number of aromatic nitrogens is 1. The van der Waals surface area contributed by atoms with Gasteiger partial charge in [0.15, 0.2) is 0 Å². The van der Waals surface area contributed by atoms with E-state index >= 15 is 0 Å². The van der Waals surface area contributed by atoms with Crippen LogP contribution < -0.4 is 0 Å². The zero-order chi connectivity index (χ0) is 19.4. The normalized spacial score (nSPS) is 12.4. The zero-order valence-corrected chi connectivity index (χ0v) is 16.7. The van der Waals surface area contributed by atoms with Crippen LogP contribution in [0.1, 0.15) is 29.2 Å². The third-order valence-corrected chi connectivity index (χ3v) is 6.50. The largest absolute Gasteiger partial charge is 0.336 e. The van der Waals surface area contributed by atoms with Crippen LogP contribution >= 0.6 is 0 Å². The van der Waals surface area contributed by atoms with E-state index in [0.717, 1.165) is 19.4 Å². The van der Waals surface area contributed by atoms with Crippen molar-refractivity contribution in [2.24, 2.45) is 0 Å². The van der Waals surface area contributed by atoms with E-state index in [2.05, 4.69) is 96.4 Å². The molecule has 6 rings (SSSR count). The first-order valence-electron chi connectivity index (χ1n) is 10.5. The van der Waals surface area contributed by atoms with Gasteiger partial charge in [0.1, 0.15) is 0 Å². The Kier molecular flexibility index (Phi) is 3.64. The van der Waals surface area contributed by atoms with Gasteiger partial charge in [-0.25, -0.2) is 0 Å². The molecular weight excluding hydrogens is 350 g/mol. The molecule has 1 aliphatic carbocycles. The van der Waals surface area contributed by atoms with E-state index in [-0.39, 0.29) is 0 Å². The Morgan fingerprint density at radius 3 is 2.03 bits per heavy atom. The molecule has 1 aliphatic rings. The summed E-state index contributed by atoms with van der Waals surface area (Å²) in [5, 5.41) is 2.68. The highest BCUT2D eigenvalue weighted by molar-refractivity contribution is 6.08. The average Bonchev–Trinajstić information content (AvgIpc) is 3.29. The summed E-state index contributed by atoms with van der Waals surface area (Å²) in [5.74, 6) is 0. The number of nitrogens with zero attached hydrogens (tertiary/aromatic N) is 1. The van der Waals surface area contributed by atoms with Gasteiger partial charge >= 0.3 is 0 Å². The number of para-hydroxylation sites is 2. The smallest absolute Gasteiger partial charge is 0.0494 e. The molecule has 0 unspecified atom stereocenters. The molecule has 1 heteroatoms. The lowest BCUT2D eigenvalue weighted by Crippen LogP contribution is -2.04. The number of benzene rings is 4. The Bertz CT molecular complexity index is 1330. The molecule has 0 amide bonds. The van der Waals surface area contributed by atoms with Crippen molar-refractivity contribution < 1.29 is 0 Å². The third-order valence-electron chi connectivity index (χ3n) is 6.50. The van der Waals surface area contributed by atoms with Gasteiger partial charge in [0.05, 0.1) is 0 Å². The molecule has 0 atom stereocenters. The van der Waals surface area contributed by atoms with Crippen molar-refractivity contribution in [2.45, 2.75) is 26.3 Å². The van der Waals surface area contributed by atoms with E-state index < -0.39 is 0 Å². The summed E-state index contributed by atoms with van der Waals surface area (Å²) in [5.41, 5.74) is 11.3. The van der Waals surface area contributed by atoms with E-state index in [1.807, 2.05) is 0 Å². The Balaban J connectivity index is 1.56. The van der Waals surface area contributed by atoms with Gasteiger partial charge in [-0.15, -0.1) is 0 Å². The lowest BCUT2D eigenvalue weighted by Gasteiger charge is -2.14. The van der Waals surface area contributed by atoms with Crippen LogP contribution in [-0.2, 0) is 19.4 Å². The van der Waals surface area contributed by atoms with Crippen LogP contribution in [0.15, 0.2) is 84.9 Å². The van der Waals surface area contributed by atoms with E-state index in [9.17, 15) is 0 Å². The highest BCUT2D eigenvalue weighted by Crippen LogP contribution is 2.39. The Labute approximate surface area is 171 Å². The molecule has 0 saturated heterocycles. The van der Waals surface area contributed by atoms with Gasteiger partial charge in [0, 0.05) is 28.4 Å². The van der Waals surface area contributed by atoms with Crippen LogP contribution in [0, 0.1) is 0 Å². The van der Waals surface area contributed by atoms with Gasteiger partial charge < -0.3 is 4.57 Å². The molecule has 29 heavy (non-hydrogen) atoms. The number of rotatable bonds is 3. The summed E-state index contributed by atoms with van der Waals surface area (Å²) in [7, 11) is 0. The molecule has 140 valence electrons. The molecule has 4 aromatic carbocycles. The molecule has 5 aromatic rings. The molecule has 1 nitrogen and oxygen atoms in total. The first kappa shape index (κ1) is 16.6. The molecule has 0 aliphatic heterocycles. The van der Waals surface area contributed by atoms with Crippen molar-refractivity contribution >= 4 is 21.8 Å². The van der Waals surface area contributed by atoms with Gasteiger partial charge in [0.2, 0.25) is 0 Å². The minimum atomic E-state index is 0.909. The maximum Gasteiger partial charge on any atom is 0.0494 e. The van der Waals surface area contributed by atoms with Crippen molar-refractivity contribution in [1.82, 2.24) is 4.57 Å². The van der Waals surface area contributed by atoms with Crippen LogP contribution in [0.2, 0.25) is 0 Å². The molecule has 0 bridgehead atoms. The summed E-state index contributed by atoms with van der Waals surface area (Å²) in [6.07, 6.45) is 2.13. The number of aryl methyl sites for hydroxylation is 1. The van der Waals surface area contributed by atoms with Gasteiger partial charge in [-0.1, -0.05) is 73.7 Å². The molecule has 1 heterocycles. The maximum atomic E-state index is 2.49. The van der Waals surface area contributed by atoms with E-state index in [0.29, 0.717) is 0 Å². The van der Waals surface area contributed by atoms with Gasteiger partial charge in [-0.2, -0.15) is 0 Å². The fourth-order valence-electron chi connectivity index (χ4n) is 5.10. The van der Waals surface area contributed by atoms with Gasteiger partial charge in [-0.3, -0.25) is 0 Å². The number of hydrogen-bond donors (Lipinski definition) is 0. The molecule has 0 spiro atoms. The van der Waals surface area contributed by atoms with Crippen LogP contribution in [0.25, 0.3) is 32.9 Å². The van der Waals surface area contributed by atoms with Crippen molar-refractivity contribution in [3.63, 3.8) is 0 Å². The fourth-order valence-corrected chi connectivity index (χ4v) is 5.10. The van der Waals surface area contributed by atoms with Crippen molar-refractivity contribution in [2.75, 3.05) is 0 Å². The summed E-state index contributed by atoms with van der Waals surface area (Å²) in [6.45, 7) is 3.19. The second-order valence-corrected chi connectivity index (χ2v) is 8.09. The Morgan fingerprint density at radius 2 is 1.31 bits per heavy atom. The summed E-state index contributed by atoms with van der Waals surface area (Å²) in [4.78, 5) is 0. The maximum absolute atomic E-state index is 2.49. The molecule has 0 N–H and O–H groups in total. The standard InChI is InChI=1S/C28H23N/c1-2-19-15-21-16-20-9-3-4-10-23(20)26(21)17-22(19)18-29-27-13-7-5-11-24(27)25-12-6-8-14-28(25)29/h3-15,17H,2,16,18H2,1H3. The topological polar surface area (TPSA) is 4.93 Å². The summed E-state index contributed by atoms with van der Waals surface area (Å²) < 4.78 is 2.49. The Morgan fingerprint density at radius 1 is 0.655 bits per heavy atom. The number of hydrogen-bond acceptors (Lipinski definition) is 0. The van der Waals surface area contributed by atoms with Crippen molar-refractivity contribution in [3.05, 3.63) is 107 Å². The lowest BCUT2D eigenvalue weighted by atomic mass is 9.96. The quantitative estimate of drug-likeness (QED) is 0.315. The molecule has 0 radical (unpaired) electrons. The predicted molar refractivity (Wildman–Crippen MR) is 123 cm³/mol. The second kappa shape index (κ2) is 6.35. The molecule has 0 saturated carbocycles. The van der Waals surface area contributed by atoms with Crippen molar-refractivity contribution in [1.29, 1.82) is 0 Å². The predicted octanol–water partition coefficient (Wildman–Crippen LogP) is 6.98. The minimum Gasteiger partial charge on any atom is -0.336 e. The zero-order valence-electron chi connectivity index (χ0n) is 16.7. The summed E-state index contributed by atoms with van der Waals surface area (Å²) >= 11 is 0. The molecule has 1 aromatic heterocycles. The van der Waals surface area contributed by atoms with E-state index in [4.69, 9.17) is 0 Å². The lowest BCUT2D eigenvalue weighted by molar-refractivity contribution is 0.851. The first-order chi connectivity index (χ1) is 14.3. The van der Waals surface area contributed by atoms with Gasteiger partial charge in [0.25, 0.3) is 0 Å². The third kappa shape index (κ3) is 2.47. The average molecular weight is 373 g/mol. The van der Waals surface area contributed by atoms with Gasteiger partial charge in [-0.05, 0) is 64.4 Å². The molecule has 0 fully saturated rings. The van der Waals surface area contributed by atoms with Crippen LogP contribution in [-0.4, -0.2) is 4.57 Å². The number of fused-ring (bicyclic) bond motifs is 6. The van der Waals surface area contributed by atoms with E-state index in [1.54, 1.807) is 0 Å². The van der Waals surface area contributed by atoms with Crippen molar-refractivity contribution in [3.8, 4) is 11.1 Å². The first-order valence-corrected chi connectivity index (χ1v) is 10.5. The monoisotopic (exact) mass is 373 g/mol. The Hall–Kier alpha value is -3.32. The van der Waals surface area contributed by atoms with Crippen LogP contribution in [0.3, 0.4) is 0 Å². The molecular formula is C28H23N. The minimum absolute atomic E-state index is 0.909. The van der Waals surface area contributed by atoms with Crippen LogP contribution in [0.4, 0.5) is 0 Å². The summed E-state index contributed by atoms with van der Waals surface area (Å²) in [6, 6.07) is 31.4. The highest BCUT2D eigenvalue weighted by Gasteiger charge is 2.20. The van der Waals surface area contributed by atoms with E-state index in [1.165, 1.54) is 55.2 Å². The SMILES string of the molecule is CCc1cc2c(cc1Cn1c3ccccc3c3ccccc31)-c1ccccc1C2. The van der Waals surface area contributed by atoms with Crippen LogP contribution in [0.5, 0.6) is 0 Å². The highest BCUT2D eigenvalue weighted by atomic mass is 15.0.